The van der Waals surface area contributed by atoms with Crippen LogP contribution >= 0.6 is 11.8 Å². The van der Waals surface area contributed by atoms with Crippen LogP contribution in [0.5, 0.6) is 40.2 Å². The second kappa shape index (κ2) is 12.6. The third-order valence-electron chi connectivity index (χ3n) is 11.9. The molecule has 54 heavy (non-hydrogen) atoms. The van der Waals surface area contributed by atoms with Gasteiger partial charge in [0.15, 0.2) is 40.0 Å². The Morgan fingerprint density at radius 2 is 1.85 bits per heavy atom. The zero-order valence-electron chi connectivity index (χ0n) is 30.4. The van der Waals surface area contributed by atoms with Gasteiger partial charge in [-0.3, -0.25) is 15.0 Å². The van der Waals surface area contributed by atoms with Gasteiger partial charge in [0.05, 0.1) is 37.6 Å². The monoisotopic (exact) mass is 756 g/mol. The number of fused-ring (bicyclic) bond motifs is 9. The van der Waals surface area contributed by atoms with E-state index in [9.17, 15) is 25.1 Å². The first-order valence-electron chi connectivity index (χ1n) is 17.9. The number of piperazine rings is 1. The molecular formula is C39H40N4O10S. The molecule has 4 bridgehead atoms. The summed E-state index contributed by atoms with van der Waals surface area (Å²) >= 11 is 1.46. The molecule has 1 unspecified atom stereocenters. The number of methoxy groups -OCH3 is 2. The van der Waals surface area contributed by atoms with Crippen LogP contribution in [0.2, 0.25) is 0 Å². The summed E-state index contributed by atoms with van der Waals surface area (Å²) in [4.78, 5) is 29.7. The number of ether oxygens (including phenoxy) is 6. The SMILES string of the molecule is COc1cc2c(cc1O)CCN[C@@]21CS[C@@H]2c3c(OC(C)=O)c(C)c4c(c3[C@H](COC1=O)N1C2[C@@H]2N[C@@H](Cc3cc(C)c(OC)c(O)c32)[C@@H]1C#N)OCO4. The number of benzene rings is 3. The van der Waals surface area contributed by atoms with Crippen LogP contribution in [0.25, 0.3) is 0 Å². The maximum Gasteiger partial charge on any atom is 0.331 e. The maximum atomic E-state index is 14.7. The zero-order chi connectivity index (χ0) is 37.8. The molecular weight excluding hydrogens is 717 g/mol. The number of phenolic OH excluding ortho intramolecular Hbond substituents is 2. The van der Waals surface area contributed by atoms with Crippen LogP contribution < -0.4 is 34.3 Å². The molecule has 0 radical (unpaired) electrons. The van der Waals surface area contributed by atoms with Gasteiger partial charge in [0, 0.05) is 53.6 Å². The molecule has 15 heteroatoms. The summed E-state index contributed by atoms with van der Waals surface area (Å²) in [5, 5.41) is 40.3. The summed E-state index contributed by atoms with van der Waals surface area (Å²) in [5.41, 5.74) is 4.33. The number of carbonyl (C=O) groups excluding carboxylic acids is 2. The smallest absolute Gasteiger partial charge is 0.331 e. The molecule has 2 saturated heterocycles. The lowest BCUT2D eigenvalue weighted by molar-refractivity contribution is -0.155. The molecule has 4 N–H and O–H groups in total. The first kappa shape index (κ1) is 34.9. The molecule has 14 nitrogen and oxygen atoms in total. The molecule has 0 amide bonds. The largest absolute Gasteiger partial charge is 0.504 e. The van der Waals surface area contributed by atoms with E-state index in [1.165, 1.54) is 32.9 Å². The van der Waals surface area contributed by atoms with E-state index in [-0.39, 0.29) is 42.4 Å². The predicted molar refractivity (Wildman–Crippen MR) is 193 cm³/mol. The summed E-state index contributed by atoms with van der Waals surface area (Å²) in [7, 11) is 2.99. The highest BCUT2D eigenvalue weighted by atomic mass is 32.2. The van der Waals surface area contributed by atoms with Crippen LogP contribution in [-0.4, -0.2) is 85.1 Å². The van der Waals surface area contributed by atoms with Gasteiger partial charge in [0.25, 0.3) is 0 Å². The number of aryl methyl sites for hydroxylation is 1. The number of carbonyl (C=O) groups is 2. The van der Waals surface area contributed by atoms with Crippen molar-refractivity contribution in [1.82, 2.24) is 15.5 Å². The van der Waals surface area contributed by atoms with Crippen molar-refractivity contribution < 1.29 is 48.2 Å². The molecule has 0 aliphatic carbocycles. The van der Waals surface area contributed by atoms with Crippen molar-refractivity contribution in [1.29, 1.82) is 5.26 Å². The van der Waals surface area contributed by atoms with Crippen LogP contribution in [0.3, 0.4) is 0 Å². The van der Waals surface area contributed by atoms with E-state index in [0.29, 0.717) is 70.2 Å². The van der Waals surface area contributed by atoms with Crippen LogP contribution in [0.1, 0.15) is 68.8 Å². The Bertz CT molecular complexity index is 2190. The van der Waals surface area contributed by atoms with E-state index < -0.39 is 46.9 Å². The molecule has 7 heterocycles. The van der Waals surface area contributed by atoms with Gasteiger partial charge in [-0.15, -0.1) is 11.8 Å². The molecule has 7 aliphatic heterocycles. The number of aromatic hydroxyl groups is 2. The number of phenols is 2. The van der Waals surface area contributed by atoms with Gasteiger partial charge in [-0.1, -0.05) is 6.07 Å². The summed E-state index contributed by atoms with van der Waals surface area (Å²) in [6.45, 7) is 5.25. The van der Waals surface area contributed by atoms with Crippen molar-refractivity contribution in [2.45, 2.75) is 74.6 Å². The Balaban J connectivity index is 1.32. The fraction of sp³-hybridized carbons (Fsp3) is 0.462. The molecule has 1 spiro atoms. The van der Waals surface area contributed by atoms with Crippen molar-refractivity contribution in [2.75, 3.05) is 39.9 Å². The normalized spacial score (nSPS) is 28.9. The van der Waals surface area contributed by atoms with Gasteiger partial charge in [-0.25, -0.2) is 4.79 Å². The molecule has 0 saturated carbocycles. The fourth-order valence-corrected chi connectivity index (χ4v) is 11.5. The summed E-state index contributed by atoms with van der Waals surface area (Å²) in [6.07, 6.45) is 1.03. The number of thioether (sulfide) groups is 1. The fourth-order valence-electron chi connectivity index (χ4n) is 9.79. The minimum Gasteiger partial charge on any atom is -0.504 e. The van der Waals surface area contributed by atoms with E-state index in [1.54, 1.807) is 12.1 Å². The Morgan fingerprint density at radius 3 is 2.59 bits per heavy atom. The van der Waals surface area contributed by atoms with E-state index >= 15 is 0 Å². The number of rotatable bonds is 3. The van der Waals surface area contributed by atoms with Crippen LogP contribution in [0.4, 0.5) is 0 Å². The van der Waals surface area contributed by atoms with Crippen molar-refractivity contribution in [3.63, 3.8) is 0 Å². The van der Waals surface area contributed by atoms with Crippen LogP contribution in [0.15, 0.2) is 18.2 Å². The lowest BCUT2D eigenvalue weighted by Crippen LogP contribution is -2.69. The maximum absolute atomic E-state index is 14.7. The third-order valence-corrected chi connectivity index (χ3v) is 13.4. The van der Waals surface area contributed by atoms with Crippen LogP contribution in [0, 0.1) is 25.2 Å². The molecule has 3 aromatic rings. The summed E-state index contributed by atoms with van der Waals surface area (Å²) in [5.74, 6) is 0.913. The molecule has 7 aliphatic rings. The average molecular weight is 757 g/mol. The van der Waals surface area contributed by atoms with Crippen molar-refractivity contribution >= 4 is 23.7 Å². The predicted octanol–water partition coefficient (Wildman–Crippen LogP) is 3.64. The van der Waals surface area contributed by atoms with E-state index in [1.807, 2.05) is 19.9 Å². The number of hydrogen-bond donors (Lipinski definition) is 4. The molecule has 7 atom stereocenters. The van der Waals surface area contributed by atoms with Crippen LogP contribution in [-0.2, 0) is 32.7 Å². The number of esters is 2. The van der Waals surface area contributed by atoms with Gasteiger partial charge in [-0.2, -0.15) is 5.26 Å². The number of nitriles is 1. The third kappa shape index (κ3) is 4.76. The lowest BCUT2D eigenvalue weighted by atomic mass is 9.72. The highest BCUT2D eigenvalue weighted by molar-refractivity contribution is 7.99. The minimum absolute atomic E-state index is 0.0248. The van der Waals surface area contributed by atoms with Gasteiger partial charge >= 0.3 is 11.9 Å². The quantitative estimate of drug-likeness (QED) is 0.225. The Kier molecular flexibility index (Phi) is 8.13. The Hall–Kier alpha value is -4.88. The zero-order valence-corrected chi connectivity index (χ0v) is 31.2. The van der Waals surface area contributed by atoms with E-state index in [0.717, 1.165) is 16.7 Å². The number of nitrogens with zero attached hydrogens (tertiary/aromatic N) is 2. The molecule has 3 aromatic carbocycles. The highest BCUT2D eigenvalue weighted by Crippen LogP contribution is 2.63. The minimum atomic E-state index is -1.36. The summed E-state index contributed by atoms with van der Waals surface area (Å²) < 4.78 is 35.9. The van der Waals surface area contributed by atoms with Gasteiger partial charge in [0.1, 0.15) is 18.4 Å². The van der Waals surface area contributed by atoms with Crippen molar-refractivity contribution in [3.8, 4) is 46.3 Å². The first-order valence-corrected chi connectivity index (χ1v) is 19.0. The molecule has 2 fully saturated rings. The second-order valence-electron chi connectivity index (χ2n) is 14.7. The first-order chi connectivity index (χ1) is 26.0. The second-order valence-corrected chi connectivity index (χ2v) is 15.8. The average Bonchev–Trinajstić information content (AvgIpc) is 3.64. The Labute approximate surface area is 315 Å². The topological polar surface area (TPSA) is 181 Å². The van der Waals surface area contributed by atoms with Crippen molar-refractivity contribution in [2.24, 2.45) is 0 Å². The van der Waals surface area contributed by atoms with Gasteiger partial charge in [0.2, 0.25) is 6.79 Å². The number of nitrogens with one attached hydrogen (secondary N) is 2. The van der Waals surface area contributed by atoms with E-state index in [4.69, 9.17) is 28.4 Å². The standard InChI is InChI=1S/C39H40N4O10S/c1-16-8-20-9-22-23(12-40)43-24-13-50-38(47)39(21-11-26(48-4)25(45)10-19(21)6-7-41-39)14-54-37(31(43)30(42-22)27(20)32(46)33(16)49-5)29-28(24)36-35(51-15-52-36)17(2)34(29)53-18(3)44/h8,10-11,22-24,30-31,37,41-42,45-46H,6-7,9,13-15H2,1-5H3/t22-,23-,24-,30+,31?,37+,39-/m0/s1. The Morgan fingerprint density at radius 1 is 1.06 bits per heavy atom. The summed E-state index contributed by atoms with van der Waals surface area (Å²) in [6, 6.07) is 5.06. The van der Waals surface area contributed by atoms with Gasteiger partial charge < -0.3 is 44.0 Å². The molecule has 282 valence electrons. The van der Waals surface area contributed by atoms with Gasteiger partial charge in [-0.05, 0) is 61.1 Å². The highest BCUT2D eigenvalue weighted by Gasteiger charge is 2.60. The lowest BCUT2D eigenvalue weighted by Gasteiger charge is -2.59. The van der Waals surface area contributed by atoms with E-state index in [2.05, 4.69) is 21.6 Å². The number of hydrogen-bond acceptors (Lipinski definition) is 15. The molecule has 10 rings (SSSR count). The van der Waals surface area contributed by atoms with Crippen molar-refractivity contribution in [3.05, 3.63) is 62.7 Å². The molecule has 0 aromatic heterocycles.